The summed E-state index contributed by atoms with van der Waals surface area (Å²) in [6.45, 7) is 5.27. The Morgan fingerprint density at radius 2 is 1.96 bits per heavy atom. The Balaban J connectivity index is 1.67. The van der Waals surface area contributed by atoms with Crippen molar-refractivity contribution in [3.05, 3.63) is 64.7 Å². The molecule has 27 heavy (non-hydrogen) atoms. The number of benzene rings is 1. The molecule has 0 radical (unpaired) electrons. The van der Waals surface area contributed by atoms with Crippen molar-refractivity contribution in [1.82, 2.24) is 9.97 Å². The monoisotopic (exact) mass is 362 g/mol. The van der Waals surface area contributed by atoms with Gasteiger partial charge < -0.3 is 19.9 Å². The van der Waals surface area contributed by atoms with Crippen LogP contribution in [-0.2, 0) is 4.74 Å². The molecule has 6 heteroatoms. The smallest absolute Gasteiger partial charge is 0.259 e. The van der Waals surface area contributed by atoms with Crippen molar-refractivity contribution in [3.8, 4) is 0 Å². The molecule has 138 valence electrons. The van der Waals surface area contributed by atoms with Gasteiger partial charge in [-0.25, -0.2) is 4.98 Å². The lowest BCUT2D eigenvalue weighted by Crippen LogP contribution is -2.36. The van der Waals surface area contributed by atoms with Crippen molar-refractivity contribution in [3.63, 3.8) is 0 Å². The van der Waals surface area contributed by atoms with E-state index < -0.39 is 0 Å². The number of hydrogen-bond acceptors (Lipinski definition) is 5. The van der Waals surface area contributed by atoms with E-state index in [1.54, 1.807) is 6.20 Å². The number of fused-ring (bicyclic) bond motifs is 1. The number of nitrogens with zero attached hydrogens (tertiary/aromatic N) is 2. The summed E-state index contributed by atoms with van der Waals surface area (Å²) in [6, 6.07) is 12.0. The lowest BCUT2D eigenvalue weighted by Gasteiger charge is -2.28. The summed E-state index contributed by atoms with van der Waals surface area (Å²) >= 11 is 0. The quantitative estimate of drug-likeness (QED) is 0.743. The number of hydrogen-bond donors (Lipinski definition) is 2. The molecule has 1 aromatic carbocycles. The first kappa shape index (κ1) is 17.3. The van der Waals surface area contributed by atoms with Crippen molar-refractivity contribution in [1.29, 1.82) is 0 Å². The van der Waals surface area contributed by atoms with Crippen molar-refractivity contribution in [2.45, 2.75) is 6.92 Å². The molecule has 1 saturated heterocycles. The third-order valence-corrected chi connectivity index (χ3v) is 4.62. The average molecular weight is 362 g/mol. The van der Waals surface area contributed by atoms with Gasteiger partial charge in [0.2, 0.25) is 0 Å². The van der Waals surface area contributed by atoms with E-state index in [2.05, 4.69) is 32.3 Å². The van der Waals surface area contributed by atoms with Crippen molar-refractivity contribution in [2.75, 3.05) is 36.5 Å². The Labute approximate surface area is 157 Å². The lowest BCUT2D eigenvalue weighted by molar-refractivity contribution is 0.122. The third kappa shape index (κ3) is 3.71. The SMILES string of the molecule is C/C=C/c1cc2cc[nH]c(=O)c2c(Nc2ccc(N3CCOCC3)cc2)n1. The zero-order valence-electron chi connectivity index (χ0n) is 15.2. The Morgan fingerprint density at radius 3 is 2.70 bits per heavy atom. The van der Waals surface area contributed by atoms with Gasteiger partial charge in [0.25, 0.3) is 5.56 Å². The molecule has 1 aliphatic heterocycles. The number of ether oxygens (including phenoxy) is 1. The van der Waals surface area contributed by atoms with Gasteiger partial charge in [0, 0.05) is 30.7 Å². The number of allylic oxidation sites excluding steroid dienone is 1. The van der Waals surface area contributed by atoms with Crippen LogP contribution in [0.1, 0.15) is 12.6 Å². The van der Waals surface area contributed by atoms with Crippen LogP contribution in [0.3, 0.4) is 0 Å². The Morgan fingerprint density at radius 1 is 1.19 bits per heavy atom. The molecule has 0 spiro atoms. The van der Waals surface area contributed by atoms with Crippen molar-refractivity contribution >= 4 is 34.0 Å². The zero-order valence-corrected chi connectivity index (χ0v) is 15.2. The van der Waals surface area contributed by atoms with Gasteiger partial charge in [-0.3, -0.25) is 4.79 Å². The lowest BCUT2D eigenvalue weighted by atomic mass is 10.1. The first-order chi connectivity index (χ1) is 13.2. The van der Waals surface area contributed by atoms with Crippen LogP contribution in [0.2, 0.25) is 0 Å². The fourth-order valence-corrected chi connectivity index (χ4v) is 3.30. The van der Waals surface area contributed by atoms with E-state index in [9.17, 15) is 4.79 Å². The second kappa shape index (κ2) is 7.63. The van der Waals surface area contributed by atoms with Crippen LogP contribution in [0, 0.1) is 0 Å². The summed E-state index contributed by atoms with van der Waals surface area (Å²) in [5.41, 5.74) is 2.71. The van der Waals surface area contributed by atoms with Gasteiger partial charge in [0.15, 0.2) is 0 Å². The van der Waals surface area contributed by atoms with E-state index in [1.807, 2.05) is 43.3 Å². The largest absolute Gasteiger partial charge is 0.378 e. The van der Waals surface area contributed by atoms with Gasteiger partial charge in [-0.2, -0.15) is 0 Å². The van der Waals surface area contributed by atoms with Gasteiger partial charge in [-0.05, 0) is 54.8 Å². The predicted molar refractivity (Wildman–Crippen MR) is 110 cm³/mol. The van der Waals surface area contributed by atoms with Gasteiger partial charge in [0.1, 0.15) is 5.82 Å². The fraction of sp³-hybridized carbons (Fsp3) is 0.238. The van der Waals surface area contributed by atoms with Crippen LogP contribution in [0.5, 0.6) is 0 Å². The number of nitrogens with one attached hydrogen (secondary N) is 2. The van der Waals surface area contributed by atoms with Crippen molar-refractivity contribution in [2.24, 2.45) is 0 Å². The van der Waals surface area contributed by atoms with Gasteiger partial charge in [0.05, 0.1) is 24.3 Å². The second-order valence-electron chi connectivity index (χ2n) is 6.44. The average Bonchev–Trinajstić information content (AvgIpc) is 2.69. The molecule has 3 heterocycles. The number of rotatable bonds is 4. The van der Waals surface area contributed by atoms with Gasteiger partial charge in [-0.1, -0.05) is 6.08 Å². The molecule has 0 saturated carbocycles. The molecule has 0 amide bonds. The maximum absolute atomic E-state index is 12.3. The topological polar surface area (TPSA) is 70.2 Å². The number of aromatic nitrogens is 2. The molecule has 2 aromatic heterocycles. The number of morpholine rings is 1. The zero-order chi connectivity index (χ0) is 18.6. The second-order valence-corrected chi connectivity index (χ2v) is 6.44. The highest BCUT2D eigenvalue weighted by Gasteiger charge is 2.12. The van der Waals surface area contributed by atoms with Crippen molar-refractivity contribution < 1.29 is 4.74 Å². The Hall–Kier alpha value is -3.12. The van der Waals surface area contributed by atoms with E-state index in [1.165, 1.54) is 5.69 Å². The number of aromatic amines is 1. The number of anilines is 3. The van der Waals surface area contributed by atoms with E-state index >= 15 is 0 Å². The molecule has 4 rings (SSSR count). The van der Waals surface area contributed by atoms with Crippen LogP contribution < -0.4 is 15.8 Å². The first-order valence-corrected chi connectivity index (χ1v) is 9.09. The molecular formula is C21H22N4O2. The minimum atomic E-state index is -0.153. The first-order valence-electron chi connectivity index (χ1n) is 9.09. The van der Waals surface area contributed by atoms with Crippen LogP contribution in [0.15, 0.2) is 53.5 Å². The van der Waals surface area contributed by atoms with E-state index in [4.69, 9.17) is 4.74 Å². The normalized spacial score (nSPS) is 14.8. The maximum Gasteiger partial charge on any atom is 0.259 e. The van der Waals surface area contributed by atoms with E-state index in [-0.39, 0.29) is 5.56 Å². The van der Waals surface area contributed by atoms with E-state index in [0.717, 1.165) is 43.1 Å². The molecule has 0 atom stereocenters. The summed E-state index contributed by atoms with van der Waals surface area (Å²) in [4.78, 5) is 22.0. The predicted octanol–water partition coefficient (Wildman–Crippen LogP) is 3.54. The summed E-state index contributed by atoms with van der Waals surface area (Å²) in [7, 11) is 0. The molecule has 0 bridgehead atoms. The molecule has 0 aliphatic carbocycles. The van der Waals surface area contributed by atoms with E-state index in [0.29, 0.717) is 11.2 Å². The fourth-order valence-electron chi connectivity index (χ4n) is 3.30. The molecule has 0 unspecified atom stereocenters. The molecule has 2 N–H and O–H groups in total. The summed E-state index contributed by atoms with van der Waals surface area (Å²) in [6.07, 6.45) is 5.51. The van der Waals surface area contributed by atoms with Crippen LogP contribution in [-0.4, -0.2) is 36.3 Å². The minimum Gasteiger partial charge on any atom is -0.378 e. The maximum atomic E-state index is 12.3. The minimum absolute atomic E-state index is 0.153. The highest BCUT2D eigenvalue weighted by molar-refractivity contribution is 5.93. The molecular weight excluding hydrogens is 340 g/mol. The summed E-state index contributed by atoms with van der Waals surface area (Å²) in [5.74, 6) is 0.557. The standard InChI is InChI=1S/C21H22N4O2/c1-2-3-17-14-15-8-9-22-21(26)19(15)20(24-17)23-16-4-6-18(7-5-16)25-10-12-27-13-11-25/h2-9,14H,10-13H2,1H3,(H,22,26)(H,23,24)/b3-2+. The number of H-pyrrole nitrogens is 1. The van der Waals surface area contributed by atoms with Crippen LogP contribution >= 0.6 is 0 Å². The Bertz CT molecular complexity index is 1020. The third-order valence-electron chi connectivity index (χ3n) is 4.62. The van der Waals surface area contributed by atoms with Gasteiger partial charge in [-0.15, -0.1) is 0 Å². The molecule has 3 aromatic rings. The summed E-state index contributed by atoms with van der Waals surface area (Å²) < 4.78 is 5.41. The highest BCUT2D eigenvalue weighted by Crippen LogP contribution is 2.25. The highest BCUT2D eigenvalue weighted by atomic mass is 16.5. The summed E-state index contributed by atoms with van der Waals surface area (Å²) in [5, 5.41) is 4.72. The molecule has 6 nitrogen and oxygen atoms in total. The number of pyridine rings is 2. The molecule has 1 fully saturated rings. The molecule has 1 aliphatic rings. The van der Waals surface area contributed by atoms with Crippen LogP contribution in [0.25, 0.3) is 16.8 Å². The van der Waals surface area contributed by atoms with Gasteiger partial charge >= 0.3 is 0 Å². The Kier molecular flexibility index (Phi) is 4.89. The van der Waals surface area contributed by atoms with Crippen LogP contribution in [0.4, 0.5) is 17.2 Å².